The van der Waals surface area contributed by atoms with Gasteiger partial charge in [0.2, 0.25) is 11.8 Å². The predicted molar refractivity (Wildman–Crippen MR) is 95.0 cm³/mol. The van der Waals surface area contributed by atoms with Crippen molar-refractivity contribution in [1.82, 2.24) is 5.32 Å². The van der Waals surface area contributed by atoms with Crippen molar-refractivity contribution in [3.63, 3.8) is 0 Å². The molecule has 1 saturated heterocycles. The fourth-order valence-electron chi connectivity index (χ4n) is 3.03. The van der Waals surface area contributed by atoms with Crippen LogP contribution in [0.5, 0.6) is 0 Å². The zero-order valence-electron chi connectivity index (χ0n) is 14.0. The number of anilines is 1. The Hall–Kier alpha value is -2.47. The topological polar surface area (TPSA) is 49.4 Å². The number of hydrogen-bond donors (Lipinski definition) is 1. The lowest BCUT2D eigenvalue weighted by atomic mass is 10.1. The minimum Gasteiger partial charge on any atom is -0.350 e. The van der Waals surface area contributed by atoms with Gasteiger partial charge in [0.25, 0.3) is 0 Å². The van der Waals surface area contributed by atoms with Gasteiger partial charge in [-0.2, -0.15) is 0 Å². The van der Waals surface area contributed by atoms with Crippen LogP contribution < -0.4 is 10.2 Å². The number of hydrogen-bond acceptors (Lipinski definition) is 2. The largest absolute Gasteiger partial charge is 0.350 e. The monoisotopic (exact) mass is 378 g/mol. The summed E-state index contributed by atoms with van der Waals surface area (Å²) in [5.41, 5.74) is 0.829. The van der Waals surface area contributed by atoms with Crippen LogP contribution in [0.25, 0.3) is 0 Å². The van der Waals surface area contributed by atoms with Gasteiger partial charge >= 0.3 is 0 Å². The molecular formula is C19H17ClF2N2O2. The Morgan fingerprint density at radius 2 is 1.88 bits per heavy atom. The van der Waals surface area contributed by atoms with Crippen molar-refractivity contribution in [1.29, 1.82) is 0 Å². The summed E-state index contributed by atoms with van der Waals surface area (Å²) in [7, 11) is 0. The first kappa shape index (κ1) is 18.3. The van der Waals surface area contributed by atoms with Gasteiger partial charge in [0.1, 0.15) is 11.6 Å². The Kier molecular flexibility index (Phi) is 5.23. The van der Waals surface area contributed by atoms with Crippen molar-refractivity contribution in [2.75, 3.05) is 11.4 Å². The quantitative estimate of drug-likeness (QED) is 0.887. The fourth-order valence-corrected chi connectivity index (χ4v) is 3.24. The first-order chi connectivity index (χ1) is 12.3. The van der Waals surface area contributed by atoms with E-state index in [4.69, 9.17) is 11.6 Å². The van der Waals surface area contributed by atoms with Crippen LogP contribution in [0.3, 0.4) is 0 Å². The Labute approximate surface area is 154 Å². The molecule has 0 radical (unpaired) electrons. The highest BCUT2D eigenvalue weighted by molar-refractivity contribution is 6.31. The summed E-state index contributed by atoms with van der Waals surface area (Å²) in [6.45, 7) is 1.83. The highest BCUT2D eigenvalue weighted by atomic mass is 35.5. The Morgan fingerprint density at radius 1 is 1.23 bits per heavy atom. The molecule has 0 aliphatic carbocycles. The van der Waals surface area contributed by atoms with E-state index in [2.05, 4.69) is 5.32 Å². The van der Waals surface area contributed by atoms with Crippen molar-refractivity contribution in [3.05, 3.63) is 64.7 Å². The molecule has 7 heteroatoms. The number of rotatable bonds is 4. The molecule has 2 atom stereocenters. The van der Waals surface area contributed by atoms with Gasteiger partial charge < -0.3 is 10.2 Å². The molecule has 1 aliphatic rings. The first-order valence-electron chi connectivity index (χ1n) is 8.15. The molecule has 1 aliphatic heterocycles. The minimum absolute atomic E-state index is 0.0890. The third kappa shape index (κ3) is 3.85. The van der Waals surface area contributed by atoms with Crippen LogP contribution in [0.1, 0.15) is 12.5 Å². The fraction of sp³-hybridized carbons (Fsp3) is 0.263. The molecule has 2 aromatic carbocycles. The highest BCUT2D eigenvalue weighted by Crippen LogP contribution is 2.27. The Bertz CT molecular complexity index is 839. The number of amides is 2. The van der Waals surface area contributed by atoms with Crippen molar-refractivity contribution < 1.29 is 18.4 Å². The number of carbonyl (C=O) groups is 2. The van der Waals surface area contributed by atoms with E-state index in [0.29, 0.717) is 10.6 Å². The molecule has 0 aromatic heterocycles. The maximum atomic E-state index is 13.4. The van der Waals surface area contributed by atoms with Gasteiger partial charge in [-0.25, -0.2) is 8.78 Å². The van der Waals surface area contributed by atoms with E-state index in [0.717, 1.165) is 18.2 Å². The van der Waals surface area contributed by atoms with E-state index in [1.165, 1.54) is 4.90 Å². The molecule has 4 nitrogen and oxygen atoms in total. The van der Waals surface area contributed by atoms with E-state index >= 15 is 0 Å². The third-order valence-electron chi connectivity index (χ3n) is 4.45. The van der Waals surface area contributed by atoms with E-state index in [1.54, 1.807) is 31.2 Å². The molecule has 1 heterocycles. The number of benzene rings is 2. The molecule has 2 aromatic rings. The normalized spacial score (nSPS) is 19.7. The van der Waals surface area contributed by atoms with Crippen LogP contribution in [0, 0.1) is 17.6 Å². The number of halogens is 3. The van der Waals surface area contributed by atoms with Gasteiger partial charge in [0, 0.05) is 23.3 Å². The van der Waals surface area contributed by atoms with E-state index in [1.807, 2.05) is 0 Å². The molecule has 3 rings (SSSR count). The molecule has 26 heavy (non-hydrogen) atoms. The molecule has 2 unspecified atom stereocenters. The van der Waals surface area contributed by atoms with Gasteiger partial charge in [-0.15, -0.1) is 0 Å². The summed E-state index contributed by atoms with van der Waals surface area (Å²) in [6, 6.07) is 9.51. The predicted octanol–water partition coefficient (Wildman–Crippen LogP) is 3.33. The van der Waals surface area contributed by atoms with E-state index in [-0.39, 0.29) is 30.5 Å². The summed E-state index contributed by atoms with van der Waals surface area (Å²) in [4.78, 5) is 26.0. The number of carbonyl (C=O) groups excluding carboxylic acids is 2. The molecule has 0 bridgehead atoms. The lowest BCUT2D eigenvalue weighted by molar-refractivity contribution is -0.122. The summed E-state index contributed by atoms with van der Waals surface area (Å²) < 4.78 is 26.9. The van der Waals surface area contributed by atoms with Gasteiger partial charge in [-0.05, 0) is 23.8 Å². The van der Waals surface area contributed by atoms with Crippen LogP contribution in [0.2, 0.25) is 5.02 Å². The van der Waals surface area contributed by atoms with Gasteiger partial charge in [0.15, 0.2) is 0 Å². The standard InChI is InChI=1S/C19H17ClF2N2O2/c1-11-17(23-18(25)6-12-4-2-3-5-16(12)20)10-24(19(11)26)15-8-13(21)7-14(22)9-15/h2-5,7-9,11,17H,6,10H2,1H3,(H,23,25). The summed E-state index contributed by atoms with van der Waals surface area (Å²) in [5.74, 6) is -2.58. The van der Waals surface area contributed by atoms with Crippen molar-refractivity contribution >= 4 is 29.1 Å². The highest BCUT2D eigenvalue weighted by Gasteiger charge is 2.39. The molecule has 2 amide bonds. The third-order valence-corrected chi connectivity index (χ3v) is 4.82. The van der Waals surface area contributed by atoms with E-state index < -0.39 is 23.6 Å². The van der Waals surface area contributed by atoms with Crippen LogP contribution in [-0.2, 0) is 16.0 Å². The molecule has 1 fully saturated rings. The van der Waals surface area contributed by atoms with Gasteiger partial charge in [-0.1, -0.05) is 36.7 Å². The maximum absolute atomic E-state index is 13.4. The molecule has 1 N–H and O–H groups in total. The Balaban J connectivity index is 1.70. The second-order valence-corrected chi connectivity index (χ2v) is 6.71. The lowest BCUT2D eigenvalue weighted by Gasteiger charge is -2.17. The summed E-state index contributed by atoms with van der Waals surface area (Å²) >= 11 is 6.06. The molecule has 0 saturated carbocycles. The number of nitrogens with one attached hydrogen (secondary N) is 1. The zero-order chi connectivity index (χ0) is 18.8. The Morgan fingerprint density at radius 3 is 2.54 bits per heavy atom. The van der Waals surface area contributed by atoms with Crippen molar-refractivity contribution in [3.8, 4) is 0 Å². The molecular weight excluding hydrogens is 362 g/mol. The summed E-state index contributed by atoms with van der Waals surface area (Å²) in [5, 5.41) is 3.31. The van der Waals surface area contributed by atoms with Gasteiger partial charge in [0.05, 0.1) is 18.4 Å². The first-order valence-corrected chi connectivity index (χ1v) is 8.53. The average molecular weight is 379 g/mol. The molecule has 0 spiro atoms. The van der Waals surface area contributed by atoms with Crippen LogP contribution in [-0.4, -0.2) is 24.4 Å². The SMILES string of the molecule is CC1C(=O)N(c2cc(F)cc(F)c2)CC1NC(=O)Cc1ccccc1Cl. The smallest absolute Gasteiger partial charge is 0.232 e. The van der Waals surface area contributed by atoms with Gasteiger partial charge in [-0.3, -0.25) is 9.59 Å². The summed E-state index contributed by atoms with van der Waals surface area (Å²) in [6.07, 6.45) is 0.0890. The average Bonchev–Trinajstić information content (AvgIpc) is 2.84. The van der Waals surface area contributed by atoms with Crippen molar-refractivity contribution in [2.45, 2.75) is 19.4 Å². The van der Waals surface area contributed by atoms with Crippen LogP contribution in [0.15, 0.2) is 42.5 Å². The minimum atomic E-state index is -0.758. The van der Waals surface area contributed by atoms with Crippen LogP contribution >= 0.6 is 11.6 Å². The van der Waals surface area contributed by atoms with Crippen molar-refractivity contribution in [2.24, 2.45) is 5.92 Å². The second kappa shape index (κ2) is 7.41. The number of nitrogens with zero attached hydrogens (tertiary/aromatic N) is 1. The zero-order valence-corrected chi connectivity index (χ0v) is 14.8. The molecule has 136 valence electrons. The second-order valence-electron chi connectivity index (χ2n) is 6.31. The maximum Gasteiger partial charge on any atom is 0.232 e. The lowest BCUT2D eigenvalue weighted by Crippen LogP contribution is -2.40. The van der Waals surface area contributed by atoms with Crippen LogP contribution in [0.4, 0.5) is 14.5 Å². The van der Waals surface area contributed by atoms with E-state index in [9.17, 15) is 18.4 Å².